The maximum Gasteiger partial charge on any atom is 0.350 e. The first kappa shape index (κ1) is 29.2. The van der Waals surface area contributed by atoms with Crippen LogP contribution in [0.3, 0.4) is 0 Å². The van der Waals surface area contributed by atoms with Crippen LogP contribution in [0.25, 0.3) is 11.0 Å². The minimum Gasteiger partial charge on any atom is -0.478 e. The zero-order chi connectivity index (χ0) is 28.2. The second kappa shape index (κ2) is 12.6. The molecule has 2 heterocycles. The van der Waals surface area contributed by atoms with Crippen LogP contribution in [0.15, 0.2) is 34.2 Å². The van der Waals surface area contributed by atoms with E-state index < -0.39 is 11.6 Å². The number of likely N-dealkylation sites (tertiary alicyclic amines) is 1. The summed E-state index contributed by atoms with van der Waals surface area (Å²) in [5.41, 5.74) is 0.325. The molecule has 214 valence electrons. The molecular weight excluding hydrogens is 492 g/mol. The van der Waals surface area contributed by atoms with E-state index in [9.17, 15) is 14.7 Å². The predicted octanol–water partition coefficient (Wildman–Crippen LogP) is 6.16. The Morgan fingerprint density at radius 1 is 1.10 bits per heavy atom. The number of para-hydroxylation sites is 2. The Morgan fingerprint density at radius 2 is 1.82 bits per heavy atom. The molecule has 1 N–H and O–H groups in total. The molecule has 2 aromatic rings. The molecule has 4 rings (SSSR count). The first-order valence-electron chi connectivity index (χ1n) is 14.9. The van der Waals surface area contributed by atoms with Gasteiger partial charge in [-0.25, -0.2) is 9.78 Å². The molecule has 2 aliphatic rings. The first-order valence-corrected chi connectivity index (χ1v) is 14.9. The standard InChI is InChI=1S/C31H46N4O4/c1-6-23-20-25(17-18-34(23)24-14-10-8-7-9-13-21(2)19-24)35-27-16-12-11-15-26(27)32-28(29(35)36)22(3)33-39-31(4,5)30(37)38/h11-12,15-16,21,23-25H,6-10,13-14,17-20H2,1-5H3,(H,37,38)/b33-22+/t21-,23-,24-,25?/m1/s1. The second-order valence-corrected chi connectivity index (χ2v) is 12.2. The van der Waals surface area contributed by atoms with Crippen molar-refractivity contribution < 1.29 is 14.7 Å². The van der Waals surface area contributed by atoms with Crippen LogP contribution in [0, 0.1) is 5.92 Å². The zero-order valence-corrected chi connectivity index (χ0v) is 24.4. The molecule has 2 fully saturated rings. The Hall–Kier alpha value is -2.74. The van der Waals surface area contributed by atoms with Gasteiger partial charge in [0.05, 0.1) is 11.0 Å². The summed E-state index contributed by atoms with van der Waals surface area (Å²) >= 11 is 0. The zero-order valence-electron chi connectivity index (χ0n) is 24.4. The van der Waals surface area contributed by atoms with Gasteiger partial charge in [0.25, 0.3) is 5.56 Å². The minimum atomic E-state index is -1.51. The van der Waals surface area contributed by atoms with Gasteiger partial charge in [0.15, 0.2) is 5.69 Å². The van der Waals surface area contributed by atoms with Crippen LogP contribution in [0.2, 0.25) is 0 Å². The van der Waals surface area contributed by atoms with Gasteiger partial charge in [0, 0.05) is 24.7 Å². The lowest BCUT2D eigenvalue weighted by Crippen LogP contribution is -2.50. The number of hydrogen-bond acceptors (Lipinski definition) is 6. The quantitative estimate of drug-likeness (QED) is 0.335. The summed E-state index contributed by atoms with van der Waals surface area (Å²) in [6.07, 6.45) is 12.1. The lowest BCUT2D eigenvalue weighted by molar-refractivity contribution is -0.161. The number of piperidine rings is 1. The summed E-state index contributed by atoms with van der Waals surface area (Å²) in [5, 5.41) is 13.4. The van der Waals surface area contributed by atoms with E-state index in [-0.39, 0.29) is 23.0 Å². The van der Waals surface area contributed by atoms with Crippen molar-refractivity contribution in [1.29, 1.82) is 0 Å². The summed E-state index contributed by atoms with van der Waals surface area (Å²) in [4.78, 5) is 38.1. The number of benzene rings is 1. The van der Waals surface area contributed by atoms with Crippen molar-refractivity contribution in [3.63, 3.8) is 0 Å². The fourth-order valence-electron chi connectivity index (χ4n) is 6.41. The third-order valence-corrected chi connectivity index (χ3v) is 8.76. The Bertz CT molecular complexity index is 1240. The number of aromatic nitrogens is 2. The number of fused-ring (bicyclic) bond motifs is 1. The number of aliphatic carboxylic acids is 1. The average Bonchev–Trinajstić information content (AvgIpc) is 3.02. The molecule has 1 saturated heterocycles. The van der Waals surface area contributed by atoms with Gasteiger partial charge in [-0.3, -0.25) is 9.69 Å². The van der Waals surface area contributed by atoms with Gasteiger partial charge < -0.3 is 14.5 Å². The summed E-state index contributed by atoms with van der Waals surface area (Å²) in [6.45, 7) is 10.2. The molecule has 1 aliphatic carbocycles. The van der Waals surface area contributed by atoms with Crippen LogP contribution in [-0.4, -0.2) is 55.5 Å². The number of oxime groups is 1. The minimum absolute atomic E-state index is 0.0586. The van der Waals surface area contributed by atoms with E-state index in [0.29, 0.717) is 12.1 Å². The topological polar surface area (TPSA) is 97.0 Å². The van der Waals surface area contributed by atoms with Crippen molar-refractivity contribution >= 4 is 22.7 Å². The number of rotatable bonds is 7. The van der Waals surface area contributed by atoms with Gasteiger partial charge in [-0.05, 0) is 70.9 Å². The normalized spacial score (nSPS) is 26.0. The van der Waals surface area contributed by atoms with Crippen molar-refractivity contribution in [1.82, 2.24) is 14.5 Å². The molecule has 39 heavy (non-hydrogen) atoms. The van der Waals surface area contributed by atoms with Gasteiger partial charge in [0.1, 0.15) is 5.71 Å². The smallest absolute Gasteiger partial charge is 0.350 e. The molecule has 8 heteroatoms. The van der Waals surface area contributed by atoms with Crippen molar-refractivity contribution in [2.24, 2.45) is 11.1 Å². The molecule has 1 aromatic carbocycles. The number of hydrogen-bond donors (Lipinski definition) is 1. The molecule has 0 spiro atoms. The molecule has 0 bridgehead atoms. The highest BCUT2D eigenvalue weighted by atomic mass is 16.7. The molecule has 1 saturated carbocycles. The van der Waals surface area contributed by atoms with E-state index in [4.69, 9.17) is 4.84 Å². The molecule has 4 atom stereocenters. The number of carboxylic acids is 1. The predicted molar refractivity (Wildman–Crippen MR) is 155 cm³/mol. The number of carbonyl (C=O) groups is 1. The van der Waals surface area contributed by atoms with Gasteiger partial charge in [-0.15, -0.1) is 0 Å². The van der Waals surface area contributed by atoms with Gasteiger partial charge in [-0.1, -0.05) is 63.2 Å². The Morgan fingerprint density at radius 3 is 2.54 bits per heavy atom. The molecule has 0 radical (unpaired) electrons. The van der Waals surface area contributed by atoms with Gasteiger partial charge in [-0.2, -0.15) is 0 Å². The fraction of sp³-hybridized carbons (Fsp3) is 0.677. The maximum absolute atomic E-state index is 14.0. The molecule has 0 amide bonds. The lowest BCUT2D eigenvalue weighted by Gasteiger charge is -2.45. The Balaban J connectivity index is 1.65. The van der Waals surface area contributed by atoms with Gasteiger partial charge >= 0.3 is 5.97 Å². The van der Waals surface area contributed by atoms with Gasteiger partial charge in [0.2, 0.25) is 5.60 Å². The second-order valence-electron chi connectivity index (χ2n) is 12.2. The number of carboxylic acid groups (broad SMARTS) is 1. The van der Waals surface area contributed by atoms with Crippen molar-refractivity contribution in [3.8, 4) is 0 Å². The summed E-state index contributed by atoms with van der Waals surface area (Å²) in [7, 11) is 0. The highest BCUT2D eigenvalue weighted by Crippen LogP contribution is 2.35. The van der Waals surface area contributed by atoms with E-state index in [1.165, 1.54) is 58.8 Å². The van der Waals surface area contributed by atoms with E-state index in [0.717, 1.165) is 42.8 Å². The molecule has 1 aliphatic heterocycles. The maximum atomic E-state index is 14.0. The van der Waals surface area contributed by atoms with Crippen LogP contribution in [0.5, 0.6) is 0 Å². The monoisotopic (exact) mass is 538 g/mol. The molecular formula is C31H46N4O4. The summed E-state index contributed by atoms with van der Waals surface area (Å²) in [6, 6.07) is 8.86. The molecule has 1 unspecified atom stereocenters. The lowest BCUT2D eigenvalue weighted by atomic mass is 9.88. The largest absolute Gasteiger partial charge is 0.478 e. The van der Waals surface area contributed by atoms with E-state index in [1.807, 2.05) is 28.8 Å². The summed E-state index contributed by atoms with van der Waals surface area (Å²) in [5.74, 6) is -0.372. The average molecular weight is 539 g/mol. The van der Waals surface area contributed by atoms with E-state index >= 15 is 0 Å². The first-order chi connectivity index (χ1) is 18.6. The van der Waals surface area contributed by atoms with Crippen LogP contribution in [0.1, 0.15) is 111 Å². The summed E-state index contributed by atoms with van der Waals surface area (Å²) < 4.78 is 1.92. The van der Waals surface area contributed by atoms with Crippen LogP contribution in [0.4, 0.5) is 0 Å². The van der Waals surface area contributed by atoms with Crippen LogP contribution < -0.4 is 5.56 Å². The Labute approximate surface area is 232 Å². The molecule has 8 nitrogen and oxygen atoms in total. The number of nitrogens with zero attached hydrogens (tertiary/aromatic N) is 4. The van der Waals surface area contributed by atoms with Crippen LogP contribution in [-0.2, 0) is 9.63 Å². The van der Waals surface area contributed by atoms with Crippen molar-refractivity contribution in [2.45, 2.75) is 123 Å². The van der Waals surface area contributed by atoms with Crippen molar-refractivity contribution in [3.05, 3.63) is 40.3 Å². The SMILES string of the molecule is CC[C@@H]1CC(n2c(=O)c(/C(C)=N/OC(C)(C)C(=O)O)nc3ccccc32)CCN1[C@@H]1CCCCCC[C@@H](C)C1. The van der Waals surface area contributed by atoms with E-state index in [2.05, 4.69) is 28.9 Å². The van der Waals surface area contributed by atoms with Crippen LogP contribution >= 0.6 is 0 Å². The highest BCUT2D eigenvalue weighted by Gasteiger charge is 2.35. The fourth-order valence-corrected chi connectivity index (χ4v) is 6.41. The van der Waals surface area contributed by atoms with E-state index in [1.54, 1.807) is 6.92 Å². The highest BCUT2D eigenvalue weighted by molar-refractivity contribution is 5.97. The van der Waals surface area contributed by atoms with Crippen molar-refractivity contribution in [2.75, 3.05) is 6.54 Å². The molecule has 1 aromatic heterocycles. The third-order valence-electron chi connectivity index (χ3n) is 8.76. The Kier molecular flexibility index (Phi) is 9.47. The third kappa shape index (κ3) is 6.71.